The van der Waals surface area contributed by atoms with Gasteiger partial charge in [0, 0.05) is 11.4 Å². The fraction of sp³-hybridized carbons (Fsp3) is 0.571. The van der Waals surface area contributed by atoms with E-state index in [1.165, 1.54) is 5.56 Å². The molecule has 0 spiro atoms. The van der Waals surface area contributed by atoms with Gasteiger partial charge < -0.3 is 4.55 Å². The van der Waals surface area contributed by atoms with Crippen molar-refractivity contribution in [1.82, 2.24) is 4.72 Å². The van der Waals surface area contributed by atoms with Crippen LogP contribution in [0.2, 0.25) is 0 Å². The van der Waals surface area contributed by atoms with Crippen molar-refractivity contribution < 1.29 is 4.55 Å². The van der Waals surface area contributed by atoms with Crippen LogP contribution in [0, 0.1) is 0 Å². The quantitative estimate of drug-likeness (QED) is 0.814. The molecule has 0 amide bonds. The number of nitrogens with one attached hydrogen (secondary N) is 1. The summed E-state index contributed by atoms with van der Waals surface area (Å²) in [5, 5.41) is 0. The van der Waals surface area contributed by atoms with E-state index in [0.29, 0.717) is 0 Å². The highest BCUT2D eigenvalue weighted by atomic mass is 32.2. The van der Waals surface area contributed by atoms with E-state index >= 15 is 0 Å². The summed E-state index contributed by atoms with van der Waals surface area (Å²) < 4.78 is 15.1. The number of rotatable bonds is 5. The molecule has 0 aromatic heterocycles. The van der Waals surface area contributed by atoms with Crippen LogP contribution in [-0.2, 0) is 11.4 Å². The molecule has 0 aliphatic heterocycles. The van der Waals surface area contributed by atoms with Gasteiger partial charge in [0.15, 0.2) is 0 Å². The van der Waals surface area contributed by atoms with Crippen LogP contribution in [0.15, 0.2) is 30.3 Å². The summed E-state index contributed by atoms with van der Waals surface area (Å²) in [6, 6.07) is 10.4. The molecule has 96 valence electrons. The van der Waals surface area contributed by atoms with Gasteiger partial charge in [-0.3, -0.25) is 0 Å². The topological polar surface area (TPSA) is 35.1 Å². The molecule has 0 heterocycles. The molecule has 0 saturated heterocycles. The molecule has 2 atom stereocenters. The van der Waals surface area contributed by atoms with E-state index in [9.17, 15) is 4.55 Å². The molecule has 0 fully saturated rings. The normalized spacial score (nSPS) is 15.6. The molecular formula is C14H23NOS. The predicted molar refractivity (Wildman–Crippen MR) is 75.1 cm³/mol. The molecule has 1 N–H and O–H groups in total. The van der Waals surface area contributed by atoms with Crippen molar-refractivity contribution in [3.05, 3.63) is 35.9 Å². The van der Waals surface area contributed by atoms with Crippen LogP contribution < -0.4 is 4.72 Å². The zero-order valence-electron chi connectivity index (χ0n) is 11.2. The van der Waals surface area contributed by atoms with Gasteiger partial charge in [-0.2, -0.15) is 0 Å². The summed E-state index contributed by atoms with van der Waals surface area (Å²) in [5.41, 5.74) is 1.21. The SMILES string of the molecule is CCC[C@H](N[S+]([O-])C(C)(C)C)c1ccccc1. The Balaban J connectivity index is 2.74. The largest absolute Gasteiger partial charge is 0.598 e. The zero-order valence-corrected chi connectivity index (χ0v) is 12.0. The minimum Gasteiger partial charge on any atom is -0.598 e. The average molecular weight is 253 g/mol. The minimum atomic E-state index is -1.02. The number of benzene rings is 1. The van der Waals surface area contributed by atoms with Gasteiger partial charge in [0.1, 0.15) is 4.75 Å². The Morgan fingerprint density at radius 2 is 1.82 bits per heavy atom. The summed E-state index contributed by atoms with van der Waals surface area (Å²) in [7, 11) is 0. The summed E-state index contributed by atoms with van der Waals surface area (Å²) in [5.74, 6) is 0. The summed E-state index contributed by atoms with van der Waals surface area (Å²) in [6.45, 7) is 8.12. The summed E-state index contributed by atoms with van der Waals surface area (Å²) in [6.07, 6.45) is 2.08. The maximum absolute atomic E-state index is 12.1. The first-order chi connectivity index (χ1) is 7.95. The standard InChI is InChI=1S/C14H23NOS/c1-5-9-13(12-10-7-6-8-11-12)15-17(16)14(2,3)4/h6-8,10-11,13,15H,5,9H2,1-4H3/t13-,17?/m0/s1. The van der Waals surface area contributed by atoms with Gasteiger partial charge in [-0.05, 0) is 32.8 Å². The third kappa shape index (κ3) is 4.70. The Hall–Kier alpha value is -0.510. The highest BCUT2D eigenvalue weighted by molar-refractivity contribution is 7.90. The minimum absolute atomic E-state index is 0.182. The second kappa shape index (κ2) is 6.43. The summed E-state index contributed by atoms with van der Waals surface area (Å²) >= 11 is -1.02. The Bertz CT molecular complexity index is 321. The van der Waals surface area contributed by atoms with Crippen LogP contribution in [0.4, 0.5) is 0 Å². The van der Waals surface area contributed by atoms with Crippen molar-refractivity contribution in [2.45, 2.75) is 51.3 Å². The lowest BCUT2D eigenvalue weighted by Crippen LogP contribution is -2.41. The molecule has 2 nitrogen and oxygen atoms in total. The zero-order chi connectivity index (χ0) is 12.9. The number of hydrogen-bond donors (Lipinski definition) is 1. The van der Waals surface area contributed by atoms with Gasteiger partial charge in [0.05, 0.1) is 6.04 Å². The molecule has 0 bridgehead atoms. The Labute approximate surface area is 108 Å². The van der Waals surface area contributed by atoms with Crippen molar-refractivity contribution in [1.29, 1.82) is 0 Å². The van der Waals surface area contributed by atoms with E-state index in [0.717, 1.165) is 12.8 Å². The van der Waals surface area contributed by atoms with E-state index in [4.69, 9.17) is 0 Å². The smallest absolute Gasteiger partial charge is 0.136 e. The van der Waals surface area contributed by atoms with Crippen LogP contribution >= 0.6 is 0 Å². The van der Waals surface area contributed by atoms with Crippen LogP contribution in [-0.4, -0.2) is 9.30 Å². The van der Waals surface area contributed by atoms with E-state index in [1.54, 1.807) is 0 Å². The maximum atomic E-state index is 12.1. The third-order valence-electron chi connectivity index (χ3n) is 2.58. The fourth-order valence-corrected chi connectivity index (χ4v) is 2.44. The Morgan fingerprint density at radius 3 is 2.29 bits per heavy atom. The molecule has 3 heteroatoms. The molecule has 0 aliphatic carbocycles. The lowest BCUT2D eigenvalue weighted by Gasteiger charge is -2.28. The van der Waals surface area contributed by atoms with E-state index < -0.39 is 11.4 Å². The van der Waals surface area contributed by atoms with E-state index in [-0.39, 0.29) is 10.8 Å². The highest BCUT2D eigenvalue weighted by Crippen LogP contribution is 2.23. The molecule has 1 aromatic rings. The van der Waals surface area contributed by atoms with Crippen molar-refractivity contribution in [2.75, 3.05) is 0 Å². The van der Waals surface area contributed by atoms with E-state index in [2.05, 4.69) is 23.8 Å². The lowest BCUT2D eigenvalue weighted by molar-refractivity contribution is 0.509. The van der Waals surface area contributed by atoms with Crippen LogP contribution in [0.3, 0.4) is 0 Å². The van der Waals surface area contributed by atoms with Crippen molar-refractivity contribution in [2.24, 2.45) is 0 Å². The molecule has 1 aromatic carbocycles. The van der Waals surface area contributed by atoms with Crippen molar-refractivity contribution in [3.8, 4) is 0 Å². The average Bonchev–Trinajstić information content (AvgIpc) is 2.28. The fourth-order valence-electron chi connectivity index (χ4n) is 1.57. The van der Waals surface area contributed by atoms with Crippen molar-refractivity contribution in [3.63, 3.8) is 0 Å². The number of hydrogen-bond acceptors (Lipinski definition) is 2. The van der Waals surface area contributed by atoms with Crippen LogP contribution in [0.1, 0.15) is 52.1 Å². The van der Waals surface area contributed by atoms with Gasteiger partial charge in [0.2, 0.25) is 0 Å². The molecule has 0 radical (unpaired) electrons. The van der Waals surface area contributed by atoms with Gasteiger partial charge in [-0.1, -0.05) is 43.7 Å². The van der Waals surface area contributed by atoms with Gasteiger partial charge in [-0.15, -0.1) is 4.72 Å². The second-order valence-corrected chi connectivity index (χ2v) is 7.25. The summed E-state index contributed by atoms with van der Waals surface area (Å²) in [4.78, 5) is 0. The highest BCUT2D eigenvalue weighted by Gasteiger charge is 2.29. The third-order valence-corrected chi connectivity index (χ3v) is 4.20. The van der Waals surface area contributed by atoms with Crippen LogP contribution in [0.25, 0.3) is 0 Å². The first-order valence-electron chi connectivity index (χ1n) is 6.18. The van der Waals surface area contributed by atoms with Gasteiger partial charge >= 0.3 is 0 Å². The first-order valence-corrected chi connectivity index (χ1v) is 7.33. The Kier molecular flexibility index (Phi) is 5.50. The molecule has 1 rings (SSSR count). The van der Waals surface area contributed by atoms with Gasteiger partial charge in [-0.25, -0.2) is 0 Å². The van der Waals surface area contributed by atoms with Crippen LogP contribution in [0.5, 0.6) is 0 Å². The molecule has 17 heavy (non-hydrogen) atoms. The first kappa shape index (κ1) is 14.6. The Morgan fingerprint density at radius 1 is 1.24 bits per heavy atom. The maximum Gasteiger partial charge on any atom is 0.136 e. The van der Waals surface area contributed by atoms with Crippen molar-refractivity contribution >= 4 is 11.4 Å². The second-order valence-electron chi connectivity index (χ2n) is 5.25. The molecule has 0 aliphatic rings. The molecule has 1 unspecified atom stereocenters. The predicted octanol–water partition coefficient (Wildman–Crippen LogP) is 3.58. The van der Waals surface area contributed by atoms with Gasteiger partial charge in [0.25, 0.3) is 0 Å². The molecular weight excluding hydrogens is 230 g/mol. The molecule has 0 saturated carbocycles. The van der Waals surface area contributed by atoms with E-state index in [1.807, 2.05) is 39.0 Å². The lowest BCUT2D eigenvalue weighted by atomic mass is 10.0. The monoisotopic (exact) mass is 253 g/mol.